The number of hydrogen-bond acceptors (Lipinski definition) is 5. The van der Waals surface area contributed by atoms with Crippen LogP contribution >= 0.6 is 0 Å². The van der Waals surface area contributed by atoms with E-state index in [0.717, 1.165) is 25.9 Å². The summed E-state index contributed by atoms with van der Waals surface area (Å²) in [6.45, 7) is 5.68. The van der Waals surface area contributed by atoms with E-state index < -0.39 is 11.4 Å². The van der Waals surface area contributed by atoms with Crippen molar-refractivity contribution < 1.29 is 14.4 Å². The second kappa shape index (κ2) is 6.91. The Morgan fingerprint density at radius 2 is 1.86 bits per heavy atom. The van der Waals surface area contributed by atoms with Crippen LogP contribution in [0.1, 0.15) is 58.3 Å². The number of nitrogens with zero attached hydrogens (tertiary/aromatic N) is 3. The van der Waals surface area contributed by atoms with E-state index in [-0.39, 0.29) is 0 Å². The third-order valence-electron chi connectivity index (χ3n) is 4.64. The fourth-order valence-electron chi connectivity index (χ4n) is 2.88. The molecule has 1 aromatic heterocycles. The molecular weight excluding hydrogens is 270 g/mol. The van der Waals surface area contributed by atoms with Crippen LogP contribution in [0, 0.1) is 5.41 Å². The molecule has 0 spiro atoms. The molecular formula is C15H25N3O3. The molecule has 2 rings (SSSR count). The minimum absolute atomic E-state index is 0.302. The zero-order chi connectivity index (χ0) is 15.3. The van der Waals surface area contributed by atoms with Crippen molar-refractivity contribution >= 4 is 11.9 Å². The summed E-state index contributed by atoms with van der Waals surface area (Å²) in [7, 11) is 0. The number of carboxylic acid groups (broad SMARTS) is 1. The van der Waals surface area contributed by atoms with Gasteiger partial charge in [0.2, 0.25) is 5.89 Å². The van der Waals surface area contributed by atoms with Crippen molar-refractivity contribution in [1.29, 1.82) is 0 Å². The molecule has 1 N–H and O–H groups in total. The van der Waals surface area contributed by atoms with Gasteiger partial charge in [0, 0.05) is 19.5 Å². The van der Waals surface area contributed by atoms with Gasteiger partial charge in [0.05, 0.1) is 5.41 Å². The molecule has 1 aromatic rings. The van der Waals surface area contributed by atoms with Crippen LogP contribution in [0.2, 0.25) is 0 Å². The highest BCUT2D eigenvalue weighted by Gasteiger charge is 2.37. The summed E-state index contributed by atoms with van der Waals surface area (Å²) in [6.07, 6.45) is 6.19. The lowest BCUT2D eigenvalue weighted by atomic mass is 9.79. The van der Waals surface area contributed by atoms with Gasteiger partial charge in [-0.15, -0.1) is 0 Å². The first-order valence-corrected chi connectivity index (χ1v) is 7.92. The van der Waals surface area contributed by atoms with Gasteiger partial charge >= 0.3 is 5.97 Å². The Balaban J connectivity index is 2.10. The topological polar surface area (TPSA) is 79.5 Å². The van der Waals surface area contributed by atoms with E-state index in [4.69, 9.17) is 4.52 Å². The van der Waals surface area contributed by atoms with Crippen LogP contribution in [0.5, 0.6) is 0 Å². The summed E-state index contributed by atoms with van der Waals surface area (Å²) in [5, 5.41) is 13.5. The summed E-state index contributed by atoms with van der Waals surface area (Å²) in [4.78, 5) is 18.1. The number of anilines is 1. The van der Waals surface area contributed by atoms with Gasteiger partial charge in [-0.05, 0) is 30.8 Å². The lowest BCUT2D eigenvalue weighted by Crippen LogP contribution is -2.32. The first-order valence-electron chi connectivity index (χ1n) is 7.92. The third-order valence-corrected chi connectivity index (χ3v) is 4.64. The molecule has 0 unspecified atom stereocenters. The highest BCUT2D eigenvalue weighted by atomic mass is 16.5. The van der Waals surface area contributed by atoms with Gasteiger partial charge in [0.1, 0.15) is 0 Å². The molecule has 0 amide bonds. The Morgan fingerprint density at radius 1 is 1.24 bits per heavy atom. The van der Waals surface area contributed by atoms with Gasteiger partial charge in [0.25, 0.3) is 5.95 Å². The summed E-state index contributed by atoms with van der Waals surface area (Å²) < 4.78 is 5.30. The van der Waals surface area contributed by atoms with Gasteiger partial charge in [-0.25, -0.2) is 0 Å². The second-order valence-corrected chi connectivity index (χ2v) is 5.86. The van der Waals surface area contributed by atoms with Crippen molar-refractivity contribution in [3.05, 3.63) is 5.89 Å². The van der Waals surface area contributed by atoms with Crippen LogP contribution in [0.3, 0.4) is 0 Å². The van der Waals surface area contributed by atoms with Crippen molar-refractivity contribution in [2.75, 3.05) is 18.0 Å². The Morgan fingerprint density at radius 3 is 2.38 bits per heavy atom. The first kappa shape index (κ1) is 15.8. The van der Waals surface area contributed by atoms with E-state index in [0.29, 0.717) is 31.1 Å². The highest BCUT2D eigenvalue weighted by Crippen LogP contribution is 2.31. The largest absolute Gasteiger partial charge is 0.481 e. The Hall–Kier alpha value is -1.59. The highest BCUT2D eigenvalue weighted by molar-refractivity contribution is 5.74. The molecule has 6 heteroatoms. The number of carbonyl (C=O) groups is 1. The van der Waals surface area contributed by atoms with Crippen molar-refractivity contribution in [3.63, 3.8) is 0 Å². The number of aliphatic carboxylic acids is 1. The molecule has 1 saturated heterocycles. The van der Waals surface area contributed by atoms with Crippen molar-refractivity contribution in [1.82, 2.24) is 10.1 Å². The van der Waals surface area contributed by atoms with E-state index in [1.54, 1.807) is 0 Å². The van der Waals surface area contributed by atoms with Crippen LogP contribution in [-0.4, -0.2) is 34.3 Å². The number of hydrogen-bond donors (Lipinski definition) is 1. The molecule has 6 nitrogen and oxygen atoms in total. The average Bonchev–Trinajstić information content (AvgIpc) is 2.77. The van der Waals surface area contributed by atoms with Crippen LogP contribution in [-0.2, 0) is 11.2 Å². The standard InChI is InChI=1S/C15H25N3O3/c1-3-15(4-2,13(19)20)11-12-16-14(17-21-12)18-9-7-5-6-8-10-18/h3-11H2,1-2H3,(H,19,20). The Kier molecular flexibility index (Phi) is 5.20. The van der Waals surface area contributed by atoms with E-state index in [2.05, 4.69) is 15.0 Å². The molecule has 0 saturated carbocycles. The summed E-state index contributed by atoms with van der Waals surface area (Å²) >= 11 is 0. The first-order chi connectivity index (χ1) is 10.1. The summed E-state index contributed by atoms with van der Waals surface area (Å²) in [6, 6.07) is 0. The predicted octanol–water partition coefficient (Wildman–Crippen LogP) is 2.88. The minimum atomic E-state index is -0.803. The van der Waals surface area contributed by atoms with Crippen LogP contribution in [0.25, 0.3) is 0 Å². The van der Waals surface area contributed by atoms with E-state index in [9.17, 15) is 9.90 Å². The zero-order valence-electron chi connectivity index (χ0n) is 13.0. The summed E-state index contributed by atoms with van der Waals surface area (Å²) in [5.41, 5.74) is -0.803. The quantitative estimate of drug-likeness (QED) is 0.869. The van der Waals surface area contributed by atoms with E-state index in [1.165, 1.54) is 12.8 Å². The molecule has 1 fully saturated rings. The van der Waals surface area contributed by atoms with Crippen LogP contribution < -0.4 is 4.90 Å². The van der Waals surface area contributed by atoms with E-state index >= 15 is 0 Å². The molecule has 1 aliphatic rings. The van der Waals surface area contributed by atoms with Gasteiger partial charge in [-0.2, -0.15) is 4.98 Å². The van der Waals surface area contributed by atoms with Crippen molar-refractivity contribution in [2.45, 2.75) is 58.8 Å². The predicted molar refractivity (Wildman–Crippen MR) is 79.3 cm³/mol. The molecule has 0 atom stereocenters. The monoisotopic (exact) mass is 295 g/mol. The normalized spacial score (nSPS) is 16.8. The Labute approximate surface area is 125 Å². The van der Waals surface area contributed by atoms with Crippen LogP contribution in [0.15, 0.2) is 4.52 Å². The van der Waals surface area contributed by atoms with Gasteiger partial charge < -0.3 is 14.5 Å². The fourth-order valence-corrected chi connectivity index (χ4v) is 2.88. The SMILES string of the molecule is CCC(CC)(Cc1nc(N2CCCCCC2)no1)C(=O)O. The maximum Gasteiger partial charge on any atom is 0.310 e. The minimum Gasteiger partial charge on any atom is -0.481 e. The third kappa shape index (κ3) is 3.54. The molecule has 0 radical (unpaired) electrons. The maximum absolute atomic E-state index is 11.5. The van der Waals surface area contributed by atoms with Crippen LogP contribution in [0.4, 0.5) is 5.95 Å². The van der Waals surface area contributed by atoms with Gasteiger partial charge in [-0.3, -0.25) is 4.79 Å². The lowest BCUT2D eigenvalue weighted by Gasteiger charge is -2.24. The van der Waals surface area contributed by atoms with Gasteiger partial charge in [0.15, 0.2) is 0 Å². The molecule has 21 heavy (non-hydrogen) atoms. The molecule has 118 valence electrons. The Bertz CT molecular complexity index is 460. The van der Waals surface area contributed by atoms with Gasteiger partial charge in [-0.1, -0.05) is 26.7 Å². The smallest absolute Gasteiger partial charge is 0.310 e. The molecule has 0 aromatic carbocycles. The van der Waals surface area contributed by atoms with Crippen molar-refractivity contribution in [3.8, 4) is 0 Å². The average molecular weight is 295 g/mol. The second-order valence-electron chi connectivity index (χ2n) is 5.86. The lowest BCUT2D eigenvalue weighted by molar-refractivity contribution is -0.149. The number of aromatic nitrogens is 2. The summed E-state index contributed by atoms with van der Waals surface area (Å²) in [5.74, 6) is 0.251. The molecule has 0 bridgehead atoms. The molecule has 0 aliphatic carbocycles. The molecule has 1 aliphatic heterocycles. The number of carboxylic acids is 1. The molecule has 2 heterocycles. The van der Waals surface area contributed by atoms with E-state index in [1.807, 2.05) is 13.8 Å². The fraction of sp³-hybridized carbons (Fsp3) is 0.800. The zero-order valence-corrected chi connectivity index (χ0v) is 13.0. The maximum atomic E-state index is 11.5. The number of rotatable bonds is 6. The van der Waals surface area contributed by atoms with Crippen molar-refractivity contribution in [2.24, 2.45) is 5.41 Å².